The number of hydrogen-bond donors (Lipinski definition) is 1. The second kappa shape index (κ2) is 6.02. The van der Waals surface area contributed by atoms with E-state index in [1.807, 2.05) is 24.3 Å². The number of nitrogens with zero attached hydrogens (tertiary/aromatic N) is 1. The predicted octanol–water partition coefficient (Wildman–Crippen LogP) is 3.92. The molecule has 2 N–H and O–H groups in total. The summed E-state index contributed by atoms with van der Waals surface area (Å²) >= 11 is 0. The molecule has 0 aliphatic rings. The van der Waals surface area contributed by atoms with Crippen LogP contribution < -0.4 is 10.6 Å². The van der Waals surface area contributed by atoms with Crippen LogP contribution in [0.25, 0.3) is 11.0 Å². The van der Waals surface area contributed by atoms with Crippen molar-refractivity contribution in [3.8, 4) is 0 Å². The Morgan fingerprint density at radius 3 is 2.43 bits per heavy atom. The molecule has 0 atom stereocenters. The number of rotatable bonds is 5. The van der Waals surface area contributed by atoms with Gasteiger partial charge in [0.2, 0.25) is 0 Å². The first-order valence-corrected chi connectivity index (χ1v) is 7.32. The summed E-state index contributed by atoms with van der Waals surface area (Å²) in [5.41, 5.74) is 9.16. The van der Waals surface area contributed by atoms with Gasteiger partial charge >= 0.3 is 0 Å². The van der Waals surface area contributed by atoms with Crippen molar-refractivity contribution in [2.24, 2.45) is 5.73 Å². The summed E-state index contributed by atoms with van der Waals surface area (Å²) in [4.78, 5) is 2.29. The zero-order chi connectivity index (χ0) is 14.7. The normalized spacial score (nSPS) is 11.0. The molecule has 2 aromatic carbocycles. The summed E-state index contributed by atoms with van der Waals surface area (Å²) in [6, 6.07) is 18.5. The first kappa shape index (κ1) is 13.7. The number of hydrogen-bond acceptors (Lipinski definition) is 3. The zero-order valence-corrected chi connectivity index (χ0v) is 12.3. The number of benzene rings is 2. The molecule has 0 aliphatic carbocycles. The minimum absolute atomic E-state index is 0.499. The zero-order valence-electron chi connectivity index (χ0n) is 12.3. The molecule has 0 radical (unpaired) electrons. The number of fused-ring (bicyclic) bond motifs is 1. The monoisotopic (exact) mass is 280 g/mol. The van der Waals surface area contributed by atoms with Crippen molar-refractivity contribution in [3.05, 3.63) is 65.9 Å². The molecule has 0 spiro atoms. The Morgan fingerprint density at radius 1 is 1.00 bits per heavy atom. The highest BCUT2D eigenvalue weighted by Crippen LogP contribution is 2.27. The van der Waals surface area contributed by atoms with E-state index in [-0.39, 0.29) is 0 Å². The van der Waals surface area contributed by atoms with Gasteiger partial charge in [0.1, 0.15) is 11.3 Å². The first-order chi connectivity index (χ1) is 10.3. The van der Waals surface area contributed by atoms with E-state index >= 15 is 0 Å². The van der Waals surface area contributed by atoms with Crippen LogP contribution in [0.1, 0.15) is 18.2 Å². The highest BCUT2D eigenvalue weighted by atomic mass is 16.3. The standard InChI is InChI=1S/C18H20N2O/c1-2-20(14-8-4-3-5-9-14)13-18-16(12-19)15-10-6-7-11-17(15)21-18/h3-11H,2,12-13,19H2,1H3. The van der Waals surface area contributed by atoms with Gasteiger partial charge < -0.3 is 15.1 Å². The quantitative estimate of drug-likeness (QED) is 0.770. The number of furan rings is 1. The molecule has 1 heterocycles. The molecule has 0 fully saturated rings. The second-order valence-corrected chi connectivity index (χ2v) is 5.05. The van der Waals surface area contributed by atoms with Crippen LogP contribution in [0.5, 0.6) is 0 Å². The molecule has 3 heteroatoms. The van der Waals surface area contributed by atoms with Crippen molar-refractivity contribution < 1.29 is 4.42 Å². The molecule has 3 rings (SSSR count). The van der Waals surface area contributed by atoms with Crippen LogP contribution in [0.2, 0.25) is 0 Å². The van der Waals surface area contributed by atoms with Crippen LogP contribution in [0.4, 0.5) is 5.69 Å². The van der Waals surface area contributed by atoms with Gasteiger partial charge in [0.15, 0.2) is 0 Å². The Labute approximate surface area is 125 Å². The Morgan fingerprint density at radius 2 is 1.71 bits per heavy atom. The fourth-order valence-corrected chi connectivity index (χ4v) is 2.70. The van der Waals surface area contributed by atoms with Gasteiger partial charge in [-0.3, -0.25) is 0 Å². The van der Waals surface area contributed by atoms with Gasteiger partial charge in [-0.15, -0.1) is 0 Å². The highest BCUT2D eigenvalue weighted by molar-refractivity contribution is 5.82. The summed E-state index contributed by atoms with van der Waals surface area (Å²) < 4.78 is 6.02. The topological polar surface area (TPSA) is 42.4 Å². The first-order valence-electron chi connectivity index (χ1n) is 7.32. The third-order valence-electron chi connectivity index (χ3n) is 3.82. The van der Waals surface area contributed by atoms with Gasteiger partial charge in [0.05, 0.1) is 6.54 Å². The SMILES string of the molecule is CCN(Cc1oc2ccccc2c1CN)c1ccccc1. The van der Waals surface area contributed by atoms with Crippen LogP contribution in [-0.4, -0.2) is 6.54 Å². The lowest BCUT2D eigenvalue weighted by Gasteiger charge is -2.22. The van der Waals surface area contributed by atoms with Gasteiger partial charge in [-0.25, -0.2) is 0 Å². The van der Waals surface area contributed by atoms with E-state index in [1.54, 1.807) is 0 Å². The molecule has 3 nitrogen and oxygen atoms in total. The second-order valence-electron chi connectivity index (χ2n) is 5.05. The third kappa shape index (κ3) is 2.65. The minimum atomic E-state index is 0.499. The van der Waals surface area contributed by atoms with Gasteiger partial charge in [-0.05, 0) is 25.1 Å². The maximum absolute atomic E-state index is 6.02. The fourth-order valence-electron chi connectivity index (χ4n) is 2.70. The molecule has 0 amide bonds. The molecule has 21 heavy (non-hydrogen) atoms. The lowest BCUT2D eigenvalue weighted by molar-refractivity contribution is 0.534. The molecule has 108 valence electrons. The maximum Gasteiger partial charge on any atom is 0.134 e. The number of anilines is 1. The summed E-state index contributed by atoms with van der Waals surface area (Å²) in [6.07, 6.45) is 0. The van der Waals surface area contributed by atoms with Crippen LogP contribution in [0.3, 0.4) is 0 Å². The van der Waals surface area contributed by atoms with Crippen LogP contribution in [0.15, 0.2) is 59.0 Å². The van der Waals surface area contributed by atoms with Crippen molar-refractivity contribution in [2.75, 3.05) is 11.4 Å². The lowest BCUT2D eigenvalue weighted by atomic mass is 10.1. The fraction of sp³-hybridized carbons (Fsp3) is 0.222. The smallest absolute Gasteiger partial charge is 0.134 e. The molecular formula is C18H20N2O. The van der Waals surface area contributed by atoms with Gasteiger partial charge in [0.25, 0.3) is 0 Å². The van der Waals surface area contributed by atoms with E-state index in [1.165, 1.54) is 5.69 Å². The van der Waals surface area contributed by atoms with Crippen LogP contribution >= 0.6 is 0 Å². The molecular weight excluding hydrogens is 260 g/mol. The van der Waals surface area contributed by atoms with Crippen molar-refractivity contribution in [1.82, 2.24) is 0 Å². The average Bonchev–Trinajstić information content (AvgIpc) is 2.90. The molecule has 0 unspecified atom stereocenters. The van der Waals surface area contributed by atoms with E-state index < -0.39 is 0 Å². The van der Waals surface area contributed by atoms with Crippen molar-refractivity contribution in [2.45, 2.75) is 20.0 Å². The summed E-state index contributed by atoms with van der Waals surface area (Å²) in [5, 5.41) is 1.12. The van der Waals surface area contributed by atoms with Crippen LogP contribution in [-0.2, 0) is 13.1 Å². The van der Waals surface area contributed by atoms with Crippen LogP contribution in [0, 0.1) is 0 Å². The third-order valence-corrected chi connectivity index (χ3v) is 3.82. The van der Waals surface area contributed by atoms with E-state index in [0.717, 1.165) is 35.4 Å². The maximum atomic E-state index is 6.02. The number of para-hydroxylation sites is 2. The lowest BCUT2D eigenvalue weighted by Crippen LogP contribution is -2.22. The Balaban J connectivity index is 1.97. The predicted molar refractivity (Wildman–Crippen MR) is 87.3 cm³/mol. The van der Waals surface area contributed by atoms with Crippen molar-refractivity contribution in [3.63, 3.8) is 0 Å². The molecule has 0 saturated carbocycles. The Bertz CT molecular complexity index is 718. The largest absolute Gasteiger partial charge is 0.459 e. The molecule has 0 aliphatic heterocycles. The summed E-state index contributed by atoms with van der Waals surface area (Å²) in [6.45, 7) is 4.31. The molecule has 0 saturated heterocycles. The molecule has 0 bridgehead atoms. The van der Waals surface area contributed by atoms with Gasteiger partial charge in [-0.1, -0.05) is 36.4 Å². The minimum Gasteiger partial charge on any atom is -0.459 e. The van der Waals surface area contributed by atoms with E-state index in [4.69, 9.17) is 10.2 Å². The molecule has 3 aromatic rings. The highest BCUT2D eigenvalue weighted by Gasteiger charge is 2.15. The van der Waals surface area contributed by atoms with E-state index in [2.05, 4.69) is 42.2 Å². The summed E-state index contributed by atoms with van der Waals surface area (Å²) in [7, 11) is 0. The van der Waals surface area contributed by atoms with Gasteiger partial charge in [-0.2, -0.15) is 0 Å². The van der Waals surface area contributed by atoms with Crippen molar-refractivity contribution >= 4 is 16.7 Å². The van der Waals surface area contributed by atoms with E-state index in [9.17, 15) is 0 Å². The Kier molecular flexibility index (Phi) is 3.93. The number of nitrogens with two attached hydrogens (primary N) is 1. The average molecular weight is 280 g/mol. The van der Waals surface area contributed by atoms with Gasteiger partial charge in [0, 0.05) is 29.7 Å². The van der Waals surface area contributed by atoms with E-state index in [0.29, 0.717) is 6.54 Å². The molecule has 1 aromatic heterocycles. The Hall–Kier alpha value is -2.26. The van der Waals surface area contributed by atoms with Crippen molar-refractivity contribution in [1.29, 1.82) is 0 Å². The summed E-state index contributed by atoms with van der Waals surface area (Å²) in [5.74, 6) is 0.962.